The summed E-state index contributed by atoms with van der Waals surface area (Å²) in [6.45, 7) is 4.30. The first-order valence-corrected chi connectivity index (χ1v) is 8.49. The van der Waals surface area contributed by atoms with Gasteiger partial charge in [-0.15, -0.1) is 0 Å². The first-order valence-electron chi connectivity index (χ1n) is 8.49. The highest BCUT2D eigenvalue weighted by Crippen LogP contribution is 2.45. The first kappa shape index (κ1) is 12.6. The molecule has 5 atom stereocenters. The maximum atomic E-state index is 9.97. The monoisotopic (exact) mass is 264 g/mol. The molecule has 2 bridgehead atoms. The molecule has 1 N–H and O–H groups in total. The van der Waals surface area contributed by atoms with Crippen molar-refractivity contribution >= 4 is 0 Å². The van der Waals surface area contributed by atoms with E-state index in [1.54, 1.807) is 0 Å². The van der Waals surface area contributed by atoms with E-state index in [0.29, 0.717) is 12.6 Å². The molecule has 4 rings (SSSR count). The molecular formula is C16H28N2O. The smallest absolute Gasteiger partial charge is 0.0590 e. The van der Waals surface area contributed by atoms with Crippen molar-refractivity contribution in [2.24, 2.45) is 11.8 Å². The Hall–Kier alpha value is -0.120. The van der Waals surface area contributed by atoms with Crippen LogP contribution >= 0.6 is 0 Å². The minimum atomic E-state index is 0.387. The molecule has 4 aliphatic rings. The van der Waals surface area contributed by atoms with Crippen molar-refractivity contribution in [3.8, 4) is 0 Å². The topological polar surface area (TPSA) is 26.7 Å². The Morgan fingerprint density at radius 3 is 2.58 bits per heavy atom. The summed E-state index contributed by atoms with van der Waals surface area (Å²) in [7, 11) is 0. The summed E-state index contributed by atoms with van der Waals surface area (Å²) in [6, 6.07) is 2.03. The lowest BCUT2D eigenvalue weighted by atomic mass is 9.67. The Labute approximate surface area is 117 Å². The molecule has 0 amide bonds. The van der Waals surface area contributed by atoms with Crippen LogP contribution in [0, 0.1) is 11.8 Å². The number of aliphatic hydroxyl groups excluding tert-OH is 1. The number of hydrogen-bond acceptors (Lipinski definition) is 3. The van der Waals surface area contributed by atoms with E-state index in [1.807, 2.05) is 0 Å². The molecule has 0 aromatic heterocycles. The van der Waals surface area contributed by atoms with Crippen molar-refractivity contribution in [1.29, 1.82) is 0 Å². The average molecular weight is 264 g/mol. The summed E-state index contributed by atoms with van der Waals surface area (Å²) in [6.07, 6.45) is 9.72. The molecule has 4 heterocycles. The van der Waals surface area contributed by atoms with Crippen LogP contribution in [0.15, 0.2) is 0 Å². The van der Waals surface area contributed by atoms with E-state index in [2.05, 4.69) is 9.80 Å². The van der Waals surface area contributed by atoms with Crippen LogP contribution in [0.1, 0.15) is 44.9 Å². The van der Waals surface area contributed by atoms with Crippen LogP contribution in [0.25, 0.3) is 0 Å². The first-order chi connectivity index (χ1) is 9.38. The van der Waals surface area contributed by atoms with Gasteiger partial charge in [0.25, 0.3) is 0 Å². The third kappa shape index (κ3) is 1.97. The quantitative estimate of drug-likeness (QED) is 0.781. The van der Waals surface area contributed by atoms with Crippen LogP contribution in [0.4, 0.5) is 0 Å². The van der Waals surface area contributed by atoms with E-state index < -0.39 is 0 Å². The zero-order chi connectivity index (χ0) is 12.8. The van der Waals surface area contributed by atoms with Crippen molar-refractivity contribution < 1.29 is 5.11 Å². The van der Waals surface area contributed by atoms with Crippen LogP contribution in [0.3, 0.4) is 0 Å². The Morgan fingerprint density at radius 1 is 0.947 bits per heavy atom. The molecule has 4 aliphatic heterocycles. The Kier molecular flexibility index (Phi) is 3.33. The van der Waals surface area contributed by atoms with Gasteiger partial charge in [0.15, 0.2) is 0 Å². The van der Waals surface area contributed by atoms with Crippen molar-refractivity contribution in [2.45, 2.75) is 63.1 Å². The van der Waals surface area contributed by atoms with E-state index in [0.717, 1.165) is 23.9 Å². The zero-order valence-electron chi connectivity index (χ0n) is 12.0. The lowest BCUT2D eigenvalue weighted by molar-refractivity contribution is -0.118. The largest absolute Gasteiger partial charge is 0.395 e. The molecule has 4 fully saturated rings. The standard InChI is InChI=1S/C16H28N2O/c19-11-16-13-9-12(14-5-2-4-8-18(14)16)10-17-7-3-1-6-15(13)17/h12-16,19H,1-11H2/t12-,13+,14-,15+,16+/m1/s1. The van der Waals surface area contributed by atoms with Crippen molar-refractivity contribution in [1.82, 2.24) is 9.80 Å². The second kappa shape index (κ2) is 5.01. The van der Waals surface area contributed by atoms with Gasteiger partial charge in [0, 0.05) is 24.7 Å². The number of fused-ring (bicyclic) bond motifs is 6. The highest BCUT2D eigenvalue weighted by Gasteiger charge is 2.50. The molecule has 0 unspecified atom stereocenters. The maximum Gasteiger partial charge on any atom is 0.0590 e. The fourth-order valence-electron chi connectivity index (χ4n) is 5.69. The van der Waals surface area contributed by atoms with Gasteiger partial charge in [-0.05, 0) is 57.0 Å². The Bertz CT molecular complexity index is 333. The van der Waals surface area contributed by atoms with Crippen LogP contribution in [0.5, 0.6) is 0 Å². The Morgan fingerprint density at radius 2 is 1.74 bits per heavy atom. The van der Waals surface area contributed by atoms with Gasteiger partial charge >= 0.3 is 0 Å². The van der Waals surface area contributed by atoms with Gasteiger partial charge < -0.3 is 5.11 Å². The van der Waals surface area contributed by atoms with Crippen LogP contribution in [-0.2, 0) is 0 Å². The molecule has 4 saturated heterocycles. The number of nitrogens with zero attached hydrogens (tertiary/aromatic N) is 2. The molecule has 0 aliphatic carbocycles. The molecular weight excluding hydrogens is 236 g/mol. The van der Waals surface area contributed by atoms with Gasteiger partial charge in [0.2, 0.25) is 0 Å². The molecule has 3 heteroatoms. The highest BCUT2D eigenvalue weighted by atomic mass is 16.3. The SMILES string of the molecule is OC[C@H]1[C@H]2C[C@H](CN3CCCC[C@@H]23)[C@H]2CCCCN21. The summed E-state index contributed by atoms with van der Waals surface area (Å²) in [5.74, 6) is 1.64. The summed E-state index contributed by atoms with van der Waals surface area (Å²) >= 11 is 0. The molecule has 0 saturated carbocycles. The number of rotatable bonds is 1. The predicted molar refractivity (Wildman–Crippen MR) is 76.0 cm³/mol. The zero-order valence-corrected chi connectivity index (χ0v) is 12.0. The van der Waals surface area contributed by atoms with Crippen molar-refractivity contribution in [3.63, 3.8) is 0 Å². The molecule has 19 heavy (non-hydrogen) atoms. The van der Waals surface area contributed by atoms with Gasteiger partial charge in [-0.1, -0.05) is 12.8 Å². The Balaban J connectivity index is 1.63. The van der Waals surface area contributed by atoms with Crippen molar-refractivity contribution in [3.05, 3.63) is 0 Å². The van der Waals surface area contributed by atoms with Gasteiger partial charge in [0.1, 0.15) is 0 Å². The second-order valence-electron chi connectivity index (χ2n) is 7.27. The summed E-state index contributed by atoms with van der Waals surface area (Å²) in [5, 5.41) is 9.97. The molecule has 108 valence electrons. The summed E-state index contributed by atoms with van der Waals surface area (Å²) < 4.78 is 0. The van der Waals surface area contributed by atoms with E-state index in [9.17, 15) is 5.11 Å². The van der Waals surface area contributed by atoms with E-state index in [-0.39, 0.29) is 0 Å². The number of piperidine rings is 4. The minimum absolute atomic E-state index is 0.387. The van der Waals surface area contributed by atoms with E-state index >= 15 is 0 Å². The summed E-state index contributed by atoms with van der Waals surface area (Å²) in [4.78, 5) is 5.51. The van der Waals surface area contributed by atoms with Crippen molar-refractivity contribution in [2.75, 3.05) is 26.2 Å². The lowest BCUT2D eigenvalue weighted by Gasteiger charge is -2.60. The normalized spacial score (nSPS) is 47.5. The van der Waals surface area contributed by atoms with Gasteiger partial charge in [-0.25, -0.2) is 0 Å². The van der Waals surface area contributed by atoms with Crippen LogP contribution < -0.4 is 0 Å². The van der Waals surface area contributed by atoms with Crippen LogP contribution in [-0.4, -0.2) is 59.3 Å². The van der Waals surface area contributed by atoms with Gasteiger partial charge in [-0.3, -0.25) is 9.80 Å². The van der Waals surface area contributed by atoms with Gasteiger partial charge in [0.05, 0.1) is 6.61 Å². The fraction of sp³-hybridized carbons (Fsp3) is 1.00. The summed E-state index contributed by atoms with van der Waals surface area (Å²) in [5.41, 5.74) is 0. The van der Waals surface area contributed by atoms with E-state index in [4.69, 9.17) is 0 Å². The van der Waals surface area contributed by atoms with Gasteiger partial charge in [-0.2, -0.15) is 0 Å². The lowest BCUT2D eigenvalue weighted by Crippen LogP contribution is -2.67. The molecule has 0 spiro atoms. The predicted octanol–water partition coefficient (Wildman–Crippen LogP) is 1.71. The second-order valence-corrected chi connectivity index (χ2v) is 7.27. The average Bonchev–Trinajstić information content (AvgIpc) is 2.48. The highest BCUT2D eigenvalue weighted by molar-refractivity contribution is 5.05. The maximum absolute atomic E-state index is 9.97. The third-order valence-corrected chi connectivity index (χ3v) is 6.45. The molecule has 3 nitrogen and oxygen atoms in total. The number of hydrogen-bond donors (Lipinski definition) is 1. The minimum Gasteiger partial charge on any atom is -0.395 e. The van der Waals surface area contributed by atoms with E-state index in [1.165, 1.54) is 64.6 Å². The van der Waals surface area contributed by atoms with Crippen LogP contribution in [0.2, 0.25) is 0 Å². The third-order valence-electron chi connectivity index (χ3n) is 6.45. The molecule has 0 aromatic rings. The molecule has 0 aromatic carbocycles. The fourth-order valence-corrected chi connectivity index (χ4v) is 5.69. The number of aliphatic hydroxyl groups is 1. The molecule has 0 radical (unpaired) electrons.